The van der Waals surface area contributed by atoms with Crippen LogP contribution >= 0.6 is 0 Å². The highest BCUT2D eigenvalue weighted by Gasteiger charge is 2.49. The maximum absolute atomic E-state index is 15.1. The van der Waals surface area contributed by atoms with Crippen LogP contribution in [0.4, 0.5) is 4.39 Å². The number of H-pyrrole nitrogens is 1. The maximum atomic E-state index is 15.1. The maximum Gasteiger partial charge on any atom is 0.232 e. The van der Waals surface area contributed by atoms with Gasteiger partial charge in [0.05, 0.1) is 29.2 Å². The molecule has 2 aliphatic heterocycles. The first kappa shape index (κ1) is 18.9. The molecule has 2 N–H and O–H groups in total. The quantitative estimate of drug-likeness (QED) is 0.686. The van der Waals surface area contributed by atoms with Gasteiger partial charge in [-0.3, -0.25) is 9.36 Å². The van der Waals surface area contributed by atoms with Gasteiger partial charge in [-0.2, -0.15) is 0 Å². The Hall–Kier alpha value is -3.07. The Balaban J connectivity index is 1.33. The molecular weight excluding hydrogens is 387 g/mol. The van der Waals surface area contributed by atoms with E-state index in [1.54, 1.807) is 29.5 Å². The lowest BCUT2D eigenvalue weighted by atomic mass is 9.75. The lowest BCUT2D eigenvalue weighted by Crippen LogP contribution is -2.66. The molecular formula is C21H23FN6O2. The van der Waals surface area contributed by atoms with Crippen molar-refractivity contribution in [1.82, 2.24) is 29.8 Å². The molecule has 30 heavy (non-hydrogen) atoms. The van der Waals surface area contributed by atoms with Gasteiger partial charge >= 0.3 is 0 Å². The first-order valence-electron chi connectivity index (χ1n) is 10.1. The SMILES string of the molecule is C[C@]12CCC[C@H](C[C@@H](Oc3cnc(-c4c[nH]c(-n5ccnc5)cc4=O)cn3)[C@@H]1F)N2. The first-order valence-corrected chi connectivity index (χ1v) is 10.1. The van der Waals surface area contributed by atoms with Crippen LogP contribution in [0.25, 0.3) is 17.1 Å². The molecule has 2 fully saturated rings. The normalized spacial score (nSPS) is 28.3. The van der Waals surface area contributed by atoms with Gasteiger partial charge in [-0.1, -0.05) is 0 Å². The molecule has 9 heteroatoms. The van der Waals surface area contributed by atoms with E-state index in [1.165, 1.54) is 18.5 Å². The molecule has 8 nitrogen and oxygen atoms in total. The minimum Gasteiger partial charge on any atom is -0.470 e. The van der Waals surface area contributed by atoms with E-state index in [2.05, 4.69) is 25.3 Å². The molecule has 5 heterocycles. The molecule has 2 saturated heterocycles. The summed E-state index contributed by atoms with van der Waals surface area (Å²) in [6, 6.07) is 1.74. The number of alkyl halides is 1. The second-order valence-electron chi connectivity index (χ2n) is 8.25. The molecule has 2 bridgehead atoms. The summed E-state index contributed by atoms with van der Waals surface area (Å²) in [4.78, 5) is 28.1. The Kier molecular flexibility index (Phi) is 4.62. The average molecular weight is 410 g/mol. The topological polar surface area (TPSA) is 97.7 Å². The monoisotopic (exact) mass is 410 g/mol. The van der Waals surface area contributed by atoms with Crippen LogP contribution < -0.4 is 15.5 Å². The summed E-state index contributed by atoms with van der Waals surface area (Å²) in [6.45, 7) is 1.92. The number of piperidine rings is 2. The van der Waals surface area contributed by atoms with Crippen molar-refractivity contribution in [3.8, 4) is 23.0 Å². The van der Waals surface area contributed by atoms with E-state index < -0.39 is 17.8 Å². The van der Waals surface area contributed by atoms with Crippen LogP contribution in [0, 0.1) is 0 Å². The molecule has 0 unspecified atom stereocenters. The van der Waals surface area contributed by atoms with Crippen molar-refractivity contribution in [3.05, 3.63) is 53.6 Å². The Bertz CT molecular complexity index is 1080. The number of aromatic nitrogens is 5. The Morgan fingerprint density at radius 2 is 2.23 bits per heavy atom. The molecule has 4 atom stereocenters. The van der Waals surface area contributed by atoms with E-state index in [-0.39, 0.29) is 17.4 Å². The summed E-state index contributed by atoms with van der Waals surface area (Å²) in [7, 11) is 0. The highest BCUT2D eigenvalue weighted by Crippen LogP contribution is 2.37. The average Bonchev–Trinajstić information content (AvgIpc) is 3.28. The van der Waals surface area contributed by atoms with Crippen LogP contribution in [0.2, 0.25) is 0 Å². The molecule has 3 aromatic heterocycles. The first-order chi connectivity index (χ1) is 14.5. The van der Waals surface area contributed by atoms with Crippen molar-refractivity contribution < 1.29 is 9.13 Å². The summed E-state index contributed by atoms with van der Waals surface area (Å²) < 4.78 is 22.6. The van der Waals surface area contributed by atoms with Gasteiger partial charge in [0.1, 0.15) is 18.2 Å². The van der Waals surface area contributed by atoms with Gasteiger partial charge in [0.2, 0.25) is 5.88 Å². The molecule has 2 aliphatic rings. The summed E-state index contributed by atoms with van der Waals surface area (Å²) in [5.74, 6) is 0.870. The van der Waals surface area contributed by atoms with Crippen LogP contribution in [0.3, 0.4) is 0 Å². The number of nitrogens with zero attached hydrogens (tertiary/aromatic N) is 4. The third-order valence-electron chi connectivity index (χ3n) is 6.09. The van der Waals surface area contributed by atoms with Crippen molar-refractivity contribution in [1.29, 1.82) is 0 Å². The minimum absolute atomic E-state index is 0.191. The van der Waals surface area contributed by atoms with E-state index in [0.29, 0.717) is 23.5 Å². The fourth-order valence-electron chi connectivity index (χ4n) is 4.52. The van der Waals surface area contributed by atoms with Gasteiger partial charge in [-0.15, -0.1) is 0 Å². The predicted molar refractivity (Wildman–Crippen MR) is 108 cm³/mol. The minimum atomic E-state index is -1.12. The third-order valence-corrected chi connectivity index (χ3v) is 6.09. The largest absolute Gasteiger partial charge is 0.470 e. The third kappa shape index (κ3) is 3.39. The van der Waals surface area contributed by atoms with Crippen LogP contribution in [0.15, 0.2) is 48.2 Å². The Morgan fingerprint density at radius 1 is 1.33 bits per heavy atom. The summed E-state index contributed by atoms with van der Waals surface area (Å²) >= 11 is 0. The van der Waals surface area contributed by atoms with Crippen molar-refractivity contribution in [3.63, 3.8) is 0 Å². The van der Waals surface area contributed by atoms with Gasteiger partial charge < -0.3 is 15.0 Å². The smallest absolute Gasteiger partial charge is 0.232 e. The molecule has 3 aromatic rings. The van der Waals surface area contributed by atoms with E-state index in [9.17, 15) is 4.79 Å². The number of nitrogens with one attached hydrogen (secondary N) is 2. The summed E-state index contributed by atoms with van der Waals surface area (Å²) in [5, 5.41) is 3.41. The fraction of sp³-hybridized carbons (Fsp3) is 0.429. The van der Waals surface area contributed by atoms with E-state index in [0.717, 1.165) is 19.3 Å². The van der Waals surface area contributed by atoms with Crippen molar-refractivity contribution in [2.75, 3.05) is 0 Å². The number of fused-ring (bicyclic) bond motifs is 2. The lowest BCUT2D eigenvalue weighted by Gasteiger charge is -2.49. The number of rotatable bonds is 4. The zero-order valence-electron chi connectivity index (χ0n) is 16.6. The number of halogens is 1. The molecule has 5 rings (SSSR count). The van der Waals surface area contributed by atoms with E-state index >= 15 is 4.39 Å². The number of pyridine rings is 1. The van der Waals surface area contributed by atoms with Gasteiger partial charge in [-0.25, -0.2) is 19.3 Å². The number of aromatic amines is 1. The summed E-state index contributed by atoms with van der Waals surface area (Å²) in [5.41, 5.74) is 0.0731. The highest BCUT2D eigenvalue weighted by molar-refractivity contribution is 5.57. The molecule has 0 aliphatic carbocycles. The van der Waals surface area contributed by atoms with Crippen LogP contribution in [0.5, 0.6) is 5.88 Å². The van der Waals surface area contributed by atoms with E-state index in [1.807, 2.05) is 6.92 Å². The van der Waals surface area contributed by atoms with Crippen LogP contribution in [0.1, 0.15) is 32.6 Å². The Labute approximate surface area is 172 Å². The molecule has 0 radical (unpaired) electrons. The molecule has 0 amide bonds. The number of ether oxygens (including phenoxy) is 1. The number of imidazole rings is 1. The number of hydrogen-bond acceptors (Lipinski definition) is 6. The lowest BCUT2D eigenvalue weighted by molar-refractivity contribution is -0.0347. The highest BCUT2D eigenvalue weighted by atomic mass is 19.1. The second-order valence-corrected chi connectivity index (χ2v) is 8.25. The zero-order valence-corrected chi connectivity index (χ0v) is 16.6. The van der Waals surface area contributed by atoms with Gasteiger partial charge in [0.25, 0.3) is 0 Å². The standard InChI is InChI=1S/C21H23FN6O2/c1-21-4-2-3-13(27-21)7-17(20(21)22)30-19-11-24-15(10-26-19)14-9-25-18(8-16(14)29)28-6-5-23-12-28/h5-6,8-13,17,20,27H,2-4,7H2,1H3,(H,25,29)/t13-,17-,20+,21+/m1/s1. The molecule has 0 saturated carbocycles. The van der Waals surface area contributed by atoms with Gasteiger partial charge in [-0.05, 0) is 26.2 Å². The molecule has 0 aromatic carbocycles. The molecule has 0 spiro atoms. The van der Waals surface area contributed by atoms with Crippen molar-refractivity contribution >= 4 is 0 Å². The van der Waals surface area contributed by atoms with Gasteiger partial charge in [0, 0.05) is 37.1 Å². The van der Waals surface area contributed by atoms with Crippen LogP contribution in [-0.4, -0.2) is 48.4 Å². The zero-order chi connectivity index (χ0) is 20.7. The fourth-order valence-corrected chi connectivity index (χ4v) is 4.52. The van der Waals surface area contributed by atoms with E-state index in [4.69, 9.17) is 4.74 Å². The second kappa shape index (κ2) is 7.32. The predicted octanol–water partition coefficient (Wildman–Crippen LogP) is 2.41. The summed E-state index contributed by atoms with van der Waals surface area (Å²) in [6.07, 6.45) is 11.3. The van der Waals surface area contributed by atoms with Crippen molar-refractivity contribution in [2.24, 2.45) is 0 Å². The molecule has 156 valence electrons. The van der Waals surface area contributed by atoms with Crippen LogP contribution in [-0.2, 0) is 0 Å². The van der Waals surface area contributed by atoms with Gasteiger partial charge in [0.15, 0.2) is 11.6 Å². The number of hydrogen-bond donors (Lipinski definition) is 2. The van der Waals surface area contributed by atoms with Crippen molar-refractivity contribution in [2.45, 2.75) is 56.5 Å². The Morgan fingerprint density at radius 3 is 2.97 bits per heavy atom.